The van der Waals surface area contributed by atoms with Crippen LogP contribution in [0.5, 0.6) is 0 Å². The van der Waals surface area contributed by atoms with Crippen LogP contribution < -0.4 is 5.73 Å². The van der Waals surface area contributed by atoms with E-state index in [4.69, 9.17) is 5.73 Å². The fourth-order valence-electron chi connectivity index (χ4n) is 1.99. The maximum atomic E-state index is 12.3. The van der Waals surface area contributed by atoms with Crippen LogP contribution >= 0.6 is 0 Å². The number of sulfonamides is 1. The molecule has 1 aromatic heterocycles. The van der Waals surface area contributed by atoms with Gasteiger partial charge in [0.1, 0.15) is 10.7 Å². The summed E-state index contributed by atoms with van der Waals surface area (Å²) >= 11 is 0. The van der Waals surface area contributed by atoms with E-state index in [0.29, 0.717) is 12.4 Å². The Bertz CT molecular complexity index is 670. The maximum Gasteiger partial charge on any atom is 0.244 e. The molecule has 2 N–H and O–H groups in total. The molecule has 0 bridgehead atoms. The number of nitrogens with two attached hydrogens (primary N) is 1. The fourth-order valence-corrected chi connectivity index (χ4v) is 3.15. The van der Waals surface area contributed by atoms with E-state index >= 15 is 0 Å². The molecule has 1 aromatic carbocycles. The smallest absolute Gasteiger partial charge is 0.244 e. The lowest BCUT2D eigenvalue weighted by Crippen LogP contribution is -2.28. The first-order chi connectivity index (χ1) is 10.00. The number of aromatic nitrogens is 1. The number of nitrogen functional groups attached to an aromatic ring is 1. The Morgan fingerprint density at radius 1 is 1.14 bits per heavy atom. The minimum Gasteiger partial charge on any atom is -0.384 e. The van der Waals surface area contributed by atoms with Crippen LogP contribution in [0.4, 0.5) is 5.82 Å². The highest BCUT2D eigenvalue weighted by Crippen LogP contribution is 2.15. The molecule has 0 unspecified atom stereocenters. The van der Waals surface area contributed by atoms with Gasteiger partial charge in [0, 0.05) is 19.8 Å². The number of hydrogen-bond acceptors (Lipinski definition) is 4. The molecule has 0 aliphatic heterocycles. The van der Waals surface area contributed by atoms with E-state index in [9.17, 15) is 8.42 Å². The van der Waals surface area contributed by atoms with Crippen molar-refractivity contribution in [3.63, 3.8) is 0 Å². The zero-order valence-electron chi connectivity index (χ0n) is 11.9. The van der Waals surface area contributed by atoms with Gasteiger partial charge in [0.15, 0.2) is 0 Å². The molecular weight excluding hydrogens is 286 g/mol. The summed E-state index contributed by atoms with van der Waals surface area (Å²) in [6.45, 7) is 0.460. The molecule has 0 radical (unpaired) electrons. The second kappa shape index (κ2) is 6.69. The molecule has 0 amide bonds. The minimum absolute atomic E-state index is 0.166. The zero-order chi connectivity index (χ0) is 15.3. The Hall–Kier alpha value is -1.92. The molecule has 0 aliphatic carbocycles. The van der Waals surface area contributed by atoms with E-state index in [1.54, 1.807) is 7.05 Å². The second-order valence-electron chi connectivity index (χ2n) is 4.83. The van der Waals surface area contributed by atoms with E-state index < -0.39 is 10.0 Å². The Labute approximate surface area is 125 Å². The number of anilines is 1. The number of nitrogens with zero attached hydrogens (tertiary/aromatic N) is 2. The molecule has 0 spiro atoms. The highest BCUT2D eigenvalue weighted by molar-refractivity contribution is 7.89. The average molecular weight is 305 g/mol. The highest BCUT2D eigenvalue weighted by atomic mass is 32.2. The van der Waals surface area contributed by atoms with Crippen LogP contribution in [0.15, 0.2) is 53.6 Å². The monoisotopic (exact) mass is 305 g/mol. The second-order valence-corrected chi connectivity index (χ2v) is 6.88. The van der Waals surface area contributed by atoms with Crippen molar-refractivity contribution in [1.29, 1.82) is 0 Å². The Morgan fingerprint density at radius 2 is 1.86 bits per heavy atom. The van der Waals surface area contributed by atoms with Gasteiger partial charge in [-0.25, -0.2) is 17.7 Å². The van der Waals surface area contributed by atoms with Crippen molar-refractivity contribution in [2.45, 2.75) is 17.7 Å². The lowest BCUT2D eigenvalue weighted by atomic mass is 10.1. The van der Waals surface area contributed by atoms with E-state index in [1.165, 1.54) is 28.2 Å². The van der Waals surface area contributed by atoms with Crippen molar-refractivity contribution in [2.24, 2.45) is 0 Å². The summed E-state index contributed by atoms with van der Waals surface area (Å²) in [5.74, 6) is 0.306. The number of rotatable bonds is 6. The fraction of sp³-hybridized carbons (Fsp3) is 0.267. The van der Waals surface area contributed by atoms with Crippen molar-refractivity contribution >= 4 is 15.8 Å². The molecule has 6 heteroatoms. The van der Waals surface area contributed by atoms with Gasteiger partial charge >= 0.3 is 0 Å². The first-order valence-electron chi connectivity index (χ1n) is 6.72. The standard InChI is InChI=1S/C15H19N3O2S/c1-18(11-5-8-13-6-3-2-4-7-13)21(19,20)14-9-10-15(16)17-12-14/h2-4,6-7,9-10,12H,5,8,11H2,1H3,(H2,16,17). The summed E-state index contributed by atoms with van der Waals surface area (Å²) in [5, 5.41) is 0. The third-order valence-corrected chi connectivity index (χ3v) is 5.09. The van der Waals surface area contributed by atoms with Crippen LogP contribution in [0.2, 0.25) is 0 Å². The van der Waals surface area contributed by atoms with Crippen LogP contribution in [0.1, 0.15) is 12.0 Å². The molecular formula is C15H19N3O2S. The first-order valence-corrected chi connectivity index (χ1v) is 8.16. The maximum absolute atomic E-state index is 12.3. The molecule has 2 rings (SSSR count). The molecule has 5 nitrogen and oxygen atoms in total. The third-order valence-electron chi connectivity index (χ3n) is 3.25. The van der Waals surface area contributed by atoms with Gasteiger partial charge in [0.25, 0.3) is 0 Å². The summed E-state index contributed by atoms with van der Waals surface area (Å²) < 4.78 is 26.0. The highest BCUT2D eigenvalue weighted by Gasteiger charge is 2.20. The van der Waals surface area contributed by atoms with Gasteiger partial charge in [0.05, 0.1) is 0 Å². The molecule has 1 heterocycles. The van der Waals surface area contributed by atoms with Crippen molar-refractivity contribution in [3.05, 3.63) is 54.2 Å². The molecule has 0 saturated heterocycles. The SMILES string of the molecule is CN(CCCc1ccccc1)S(=O)(=O)c1ccc(N)nc1. The van der Waals surface area contributed by atoms with E-state index in [-0.39, 0.29) is 4.90 Å². The van der Waals surface area contributed by atoms with Crippen LogP contribution in [-0.4, -0.2) is 31.3 Å². The molecule has 2 aromatic rings. The van der Waals surface area contributed by atoms with Crippen LogP contribution in [0, 0.1) is 0 Å². The number of aryl methyl sites for hydroxylation is 1. The average Bonchev–Trinajstić information content (AvgIpc) is 2.48. The number of benzene rings is 1. The number of pyridine rings is 1. The minimum atomic E-state index is -3.49. The van der Waals surface area contributed by atoms with Crippen molar-refractivity contribution < 1.29 is 8.42 Å². The first kappa shape index (κ1) is 15.5. The summed E-state index contributed by atoms with van der Waals surface area (Å²) in [7, 11) is -1.91. The van der Waals surface area contributed by atoms with Crippen LogP contribution in [0.25, 0.3) is 0 Å². The van der Waals surface area contributed by atoms with Gasteiger partial charge in [-0.05, 0) is 30.5 Å². The van der Waals surface area contributed by atoms with Crippen LogP contribution in [-0.2, 0) is 16.4 Å². The van der Waals surface area contributed by atoms with Gasteiger partial charge in [0.2, 0.25) is 10.0 Å². The summed E-state index contributed by atoms with van der Waals surface area (Å²) in [6, 6.07) is 13.0. The summed E-state index contributed by atoms with van der Waals surface area (Å²) in [6.07, 6.45) is 2.90. The third kappa shape index (κ3) is 4.03. The predicted octanol–water partition coefficient (Wildman–Crippen LogP) is 1.92. The lowest BCUT2D eigenvalue weighted by Gasteiger charge is -2.17. The van der Waals surface area contributed by atoms with Gasteiger partial charge in [-0.2, -0.15) is 0 Å². The Morgan fingerprint density at radius 3 is 2.48 bits per heavy atom. The largest absolute Gasteiger partial charge is 0.384 e. The van der Waals surface area contributed by atoms with E-state index in [1.807, 2.05) is 30.3 Å². The molecule has 112 valence electrons. The topological polar surface area (TPSA) is 76.3 Å². The molecule has 0 saturated carbocycles. The Kier molecular flexibility index (Phi) is 4.93. The molecule has 0 fully saturated rings. The van der Waals surface area contributed by atoms with E-state index in [2.05, 4.69) is 4.98 Å². The number of hydrogen-bond donors (Lipinski definition) is 1. The van der Waals surface area contributed by atoms with Gasteiger partial charge in [-0.15, -0.1) is 0 Å². The normalized spacial score (nSPS) is 11.7. The van der Waals surface area contributed by atoms with E-state index in [0.717, 1.165) is 12.8 Å². The van der Waals surface area contributed by atoms with Crippen molar-refractivity contribution in [2.75, 3.05) is 19.3 Å². The van der Waals surface area contributed by atoms with Crippen LogP contribution in [0.3, 0.4) is 0 Å². The van der Waals surface area contributed by atoms with Crippen molar-refractivity contribution in [1.82, 2.24) is 9.29 Å². The summed E-state index contributed by atoms with van der Waals surface area (Å²) in [5.41, 5.74) is 6.68. The summed E-state index contributed by atoms with van der Waals surface area (Å²) in [4.78, 5) is 3.99. The van der Waals surface area contributed by atoms with Gasteiger partial charge < -0.3 is 5.73 Å². The zero-order valence-corrected chi connectivity index (χ0v) is 12.8. The predicted molar refractivity (Wildman–Crippen MR) is 83.2 cm³/mol. The molecule has 0 atom stereocenters. The van der Waals surface area contributed by atoms with Gasteiger partial charge in [-0.1, -0.05) is 30.3 Å². The molecule has 0 aliphatic rings. The quantitative estimate of drug-likeness (QED) is 0.884. The molecule has 21 heavy (non-hydrogen) atoms. The Balaban J connectivity index is 1.96. The van der Waals surface area contributed by atoms with Gasteiger partial charge in [-0.3, -0.25) is 0 Å². The van der Waals surface area contributed by atoms with Crippen molar-refractivity contribution in [3.8, 4) is 0 Å². The lowest BCUT2D eigenvalue weighted by molar-refractivity contribution is 0.461.